The summed E-state index contributed by atoms with van der Waals surface area (Å²) in [4.78, 5) is 28.3. The van der Waals surface area contributed by atoms with Crippen LogP contribution in [0.25, 0.3) is 0 Å². The van der Waals surface area contributed by atoms with E-state index in [4.69, 9.17) is 9.47 Å². The zero-order valence-corrected chi connectivity index (χ0v) is 15.4. The summed E-state index contributed by atoms with van der Waals surface area (Å²) < 4.78 is 10.5. The molecule has 0 saturated carbocycles. The van der Waals surface area contributed by atoms with Gasteiger partial charge in [0.15, 0.2) is 11.5 Å². The Morgan fingerprint density at radius 2 is 2.00 bits per heavy atom. The highest BCUT2D eigenvalue weighted by atomic mass is 16.5. The Morgan fingerprint density at radius 3 is 2.64 bits per heavy atom. The zero-order valence-electron chi connectivity index (χ0n) is 15.4. The van der Waals surface area contributed by atoms with Gasteiger partial charge in [0.2, 0.25) is 11.8 Å². The molecule has 1 aliphatic heterocycles. The Kier molecular flexibility index (Phi) is 6.64. The van der Waals surface area contributed by atoms with Crippen LogP contribution in [0.1, 0.15) is 12.8 Å². The number of amides is 2. The van der Waals surface area contributed by atoms with Gasteiger partial charge < -0.3 is 24.6 Å². The molecule has 25 heavy (non-hydrogen) atoms. The van der Waals surface area contributed by atoms with E-state index in [9.17, 15) is 9.59 Å². The molecule has 138 valence electrons. The van der Waals surface area contributed by atoms with Crippen LogP contribution in [0.2, 0.25) is 0 Å². The lowest BCUT2D eigenvalue weighted by Gasteiger charge is -2.18. The predicted octanol–water partition coefficient (Wildman–Crippen LogP) is 1.12. The summed E-state index contributed by atoms with van der Waals surface area (Å²) in [5.74, 6) is 0.730. The topological polar surface area (TPSA) is 71.1 Å². The standard InChI is InChI=1S/C18H27N3O4/c1-20(2)9-5-8-19-18(23)13-10-17(22)21(12-13)14-6-7-15(24-3)16(11-14)25-4/h6-7,11,13H,5,8-10,12H2,1-4H3,(H,19,23). The van der Waals surface area contributed by atoms with Gasteiger partial charge in [-0.05, 0) is 39.2 Å². The molecule has 1 heterocycles. The second kappa shape index (κ2) is 8.71. The molecule has 1 aromatic carbocycles. The predicted molar refractivity (Wildman–Crippen MR) is 96.2 cm³/mol. The third-order valence-electron chi connectivity index (χ3n) is 4.26. The lowest BCUT2D eigenvalue weighted by Crippen LogP contribution is -2.34. The summed E-state index contributed by atoms with van der Waals surface area (Å²) in [5.41, 5.74) is 0.713. The van der Waals surface area contributed by atoms with Crippen molar-refractivity contribution in [1.82, 2.24) is 10.2 Å². The van der Waals surface area contributed by atoms with Crippen molar-refractivity contribution >= 4 is 17.5 Å². The number of methoxy groups -OCH3 is 2. The first-order valence-electron chi connectivity index (χ1n) is 8.41. The summed E-state index contributed by atoms with van der Waals surface area (Å²) in [6.45, 7) is 1.92. The van der Waals surface area contributed by atoms with Gasteiger partial charge in [-0.1, -0.05) is 0 Å². The molecule has 1 saturated heterocycles. The number of ether oxygens (including phenoxy) is 2. The first-order chi connectivity index (χ1) is 12.0. The molecule has 1 atom stereocenters. The van der Waals surface area contributed by atoms with E-state index in [0.29, 0.717) is 30.3 Å². The van der Waals surface area contributed by atoms with Gasteiger partial charge in [-0.15, -0.1) is 0 Å². The molecule has 1 unspecified atom stereocenters. The normalized spacial score (nSPS) is 17.1. The second-order valence-corrected chi connectivity index (χ2v) is 6.39. The molecule has 1 aliphatic rings. The number of nitrogens with one attached hydrogen (secondary N) is 1. The van der Waals surface area contributed by atoms with Gasteiger partial charge in [0.1, 0.15) is 0 Å². The number of benzene rings is 1. The Bertz CT molecular complexity index is 618. The molecule has 7 heteroatoms. The smallest absolute Gasteiger partial charge is 0.227 e. The van der Waals surface area contributed by atoms with Crippen molar-refractivity contribution in [3.63, 3.8) is 0 Å². The fourth-order valence-corrected chi connectivity index (χ4v) is 2.88. The summed E-state index contributed by atoms with van der Waals surface area (Å²) in [6.07, 6.45) is 1.12. The van der Waals surface area contributed by atoms with Crippen molar-refractivity contribution in [2.75, 3.05) is 52.8 Å². The van der Waals surface area contributed by atoms with E-state index in [0.717, 1.165) is 13.0 Å². The van der Waals surface area contributed by atoms with E-state index in [1.54, 1.807) is 37.3 Å². The van der Waals surface area contributed by atoms with Crippen molar-refractivity contribution in [3.05, 3.63) is 18.2 Å². The van der Waals surface area contributed by atoms with Crippen molar-refractivity contribution in [2.24, 2.45) is 5.92 Å². The fourth-order valence-electron chi connectivity index (χ4n) is 2.88. The van der Waals surface area contributed by atoms with Gasteiger partial charge in [-0.2, -0.15) is 0 Å². The maximum absolute atomic E-state index is 12.3. The largest absolute Gasteiger partial charge is 0.493 e. The zero-order chi connectivity index (χ0) is 18.4. The molecule has 7 nitrogen and oxygen atoms in total. The van der Waals surface area contributed by atoms with Crippen molar-refractivity contribution in [1.29, 1.82) is 0 Å². The van der Waals surface area contributed by atoms with E-state index in [1.807, 2.05) is 14.1 Å². The Morgan fingerprint density at radius 1 is 1.28 bits per heavy atom. The van der Waals surface area contributed by atoms with Gasteiger partial charge in [0.25, 0.3) is 0 Å². The number of anilines is 1. The van der Waals surface area contributed by atoms with Gasteiger partial charge >= 0.3 is 0 Å². The first kappa shape index (κ1) is 19.1. The number of nitrogens with zero attached hydrogens (tertiary/aromatic N) is 2. The number of carbonyl (C=O) groups is 2. The average Bonchev–Trinajstić information content (AvgIpc) is 2.99. The third-order valence-corrected chi connectivity index (χ3v) is 4.26. The van der Waals surface area contributed by atoms with E-state index in [-0.39, 0.29) is 24.2 Å². The minimum atomic E-state index is -0.319. The summed E-state index contributed by atoms with van der Waals surface area (Å²) in [7, 11) is 7.11. The SMILES string of the molecule is COc1ccc(N2CC(C(=O)NCCCN(C)C)CC2=O)cc1OC. The highest BCUT2D eigenvalue weighted by molar-refractivity contribution is 6.00. The molecule has 0 bridgehead atoms. The van der Waals surface area contributed by atoms with Crippen LogP contribution in [0.5, 0.6) is 11.5 Å². The number of rotatable bonds is 8. The van der Waals surface area contributed by atoms with Crippen LogP contribution in [0.3, 0.4) is 0 Å². The van der Waals surface area contributed by atoms with E-state index in [1.165, 1.54) is 0 Å². The van der Waals surface area contributed by atoms with Gasteiger partial charge in [-0.25, -0.2) is 0 Å². The Labute approximate surface area is 148 Å². The molecule has 1 aromatic rings. The highest BCUT2D eigenvalue weighted by Crippen LogP contribution is 2.34. The van der Waals surface area contributed by atoms with Crippen LogP contribution < -0.4 is 19.7 Å². The van der Waals surface area contributed by atoms with Gasteiger partial charge in [0.05, 0.1) is 20.1 Å². The van der Waals surface area contributed by atoms with E-state index < -0.39 is 0 Å². The molecular formula is C18H27N3O4. The van der Waals surface area contributed by atoms with Crippen LogP contribution in [-0.4, -0.2) is 64.7 Å². The molecule has 2 amide bonds. The second-order valence-electron chi connectivity index (χ2n) is 6.39. The maximum Gasteiger partial charge on any atom is 0.227 e. The van der Waals surface area contributed by atoms with E-state index >= 15 is 0 Å². The van der Waals surface area contributed by atoms with Gasteiger partial charge in [-0.3, -0.25) is 9.59 Å². The van der Waals surface area contributed by atoms with Gasteiger partial charge in [0, 0.05) is 31.3 Å². The first-order valence-corrected chi connectivity index (χ1v) is 8.41. The molecule has 0 spiro atoms. The molecule has 0 radical (unpaired) electrons. The van der Waals surface area contributed by atoms with Crippen LogP contribution in [0, 0.1) is 5.92 Å². The highest BCUT2D eigenvalue weighted by Gasteiger charge is 2.35. The maximum atomic E-state index is 12.3. The summed E-state index contributed by atoms with van der Waals surface area (Å²) in [6, 6.07) is 5.32. The van der Waals surface area contributed by atoms with Crippen molar-refractivity contribution in [2.45, 2.75) is 12.8 Å². The summed E-state index contributed by atoms with van der Waals surface area (Å²) >= 11 is 0. The lowest BCUT2D eigenvalue weighted by molar-refractivity contribution is -0.126. The molecule has 0 aromatic heterocycles. The van der Waals surface area contributed by atoms with Crippen LogP contribution in [0.4, 0.5) is 5.69 Å². The fraction of sp³-hybridized carbons (Fsp3) is 0.556. The average molecular weight is 349 g/mol. The van der Waals surface area contributed by atoms with Crippen LogP contribution in [0.15, 0.2) is 18.2 Å². The van der Waals surface area contributed by atoms with Crippen molar-refractivity contribution in [3.8, 4) is 11.5 Å². The molecular weight excluding hydrogens is 322 g/mol. The summed E-state index contributed by atoms with van der Waals surface area (Å²) in [5, 5.41) is 2.92. The molecule has 0 aliphatic carbocycles. The number of hydrogen-bond acceptors (Lipinski definition) is 5. The van der Waals surface area contributed by atoms with Crippen LogP contribution in [-0.2, 0) is 9.59 Å². The third kappa shape index (κ3) is 4.85. The Hall–Kier alpha value is -2.28. The molecule has 1 fully saturated rings. The number of carbonyl (C=O) groups excluding carboxylic acids is 2. The Balaban J connectivity index is 1.96. The minimum absolute atomic E-state index is 0.0549. The van der Waals surface area contributed by atoms with Crippen molar-refractivity contribution < 1.29 is 19.1 Å². The minimum Gasteiger partial charge on any atom is -0.493 e. The van der Waals surface area contributed by atoms with E-state index in [2.05, 4.69) is 10.2 Å². The molecule has 1 N–H and O–H groups in total. The lowest BCUT2D eigenvalue weighted by atomic mass is 10.1. The quantitative estimate of drug-likeness (QED) is 0.712. The van der Waals surface area contributed by atoms with Crippen LogP contribution >= 0.6 is 0 Å². The monoisotopic (exact) mass is 349 g/mol. The molecule has 2 rings (SSSR count). The number of hydrogen-bond donors (Lipinski definition) is 1.